The van der Waals surface area contributed by atoms with Crippen molar-refractivity contribution in [2.24, 2.45) is 5.92 Å². The molecule has 0 spiro atoms. The van der Waals surface area contributed by atoms with E-state index in [9.17, 15) is 9.59 Å². The summed E-state index contributed by atoms with van der Waals surface area (Å²) < 4.78 is 5.22. The molecule has 0 unspecified atom stereocenters. The molecule has 5 heteroatoms. The van der Waals surface area contributed by atoms with Gasteiger partial charge in [0.25, 0.3) is 0 Å². The van der Waals surface area contributed by atoms with Crippen molar-refractivity contribution in [3.63, 3.8) is 0 Å². The quantitative estimate of drug-likeness (QED) is 0.514. The van der Waals surface area contributed by atoms with Crippen molar-refractivity contribution in [2.75, 3.05) is 19.7 Å². The minimum absolute atomic E-state index is 0.0458. The molecule has 0 aromatic heterocycles. The summed E-state index contributed by atoms with van der Waals surface area (Å²) in [5.41, 5.74) is 0. The molecule has 0 atom stereocenters. The van der Waals surface area contributed by atoms with Crippen LogP contribution in [0.1, 0.15) is 66.2 Å². The lowest BCUT2D eigenvalue weighted by Crippen LogP contribution is -2.29. The van der Waals surface area contributed by atoms with Gasteiger partial charge in [0.05, 0.1) is 6.10 Å². The average molecular weight is 314 g/mol. The van der Waals surface area contributed by atoms with Gasteiger partial charge in [-0.25, -0.2) is 0 Å². The minimum atomic E-state index is -0.0458. The number of unbranched alkanes of at least 4 members (excludes halogenated alkanes) is 4. The molecule has 0 aliphatic rings. The van der Waals surface area contributed by atoms with Crippen molar-refractivity contribution < 1.29 is 14.3 Å². The van der Waals surface area contributed by atoms with E-state index < -0.39 is 0 Å². The van der Waals surface area contributed by atoms with E-state index in [1.807, 2.05) is 13.8 Å². The van der Waals surface area contributed by atoms with Crippen LogP contribution >= 0.6 is 0 Å². The first-order valence-electron chi connectivity index (χ1n) is 8.56. The summed E-state index contributed by atoms with van der Waals surface area (Å²) in [6.07, 6.45) is 5.89. The Bertz CT molecular complexity index is 274. The number of hydrogen-bond donors (Lipinski definition) is 2. The van der Waals surface area contributed by atoms with E-state index in [4.69, 9.17) is 4.74 Å². The highest BCUT2D eigenvalue weighted by atomic mass is 16.5. The second-order valence-corrected chi connectivity index (χ2v) is 6.43. The fourth-order valence-corrected chi connectivity index (χ4v) is 1.87. The van der Waals surface area contributed by atoms with Gasteiger partial charge in [-0.2, -0.15) is 0 Å². The number of rotatable bonds is 13. The maximum Gasteiger partial charge on any atom is 0.246 e. The Kier molecular flexibility index (Phi) is 12.9. The SMILES string of the molecule is CC(C)CNC(=O)CCCCCCCNC(=O)COC(C)C. The number of hydrogen-bond acceptors (Lipinski definition) is 3. The van der Waals surface area contributed by atoms with Crippen LogP contribution in [0.4, 0.5) is 0 Å². The van der Waals surface area contributed by atoms with Crippen molar-refractivity contribution in [3.8, 4) is 0 Å². The van der Waals surface area contributed by atoms with E-state index in [2.05, 4.69) is 24.5 Å². The number of nitrogens with one attached hydrogen (secondary N) is 2. The molecule has 5 nitrogen and oxygen atoms in total. The number of amides is 2. The molecule has 0 aromatic rings. The van der Waals surface area contributed by atoms with Crippen molar-refractivity contribution in [1.82, 2.24) is 10.6 Å². The van der Waals surface area contributed by atoms with Crippen LogP contribution in [0.2, 0.25) is 0 Å². The zero-order valence-electron chi connectivity index (χ0n) is 14.7. The predicted octanol–water partition coefficient (Wildman–Crippen LogP) is 2.64. The van der Waals surface area contributed by atoms with E-state index >= 15 is 0 Å². The lowest BCUT2D eigenvalue weighted by atomic mass is 10.1. The molecule has 0 aliphatic carbocycles. The fourth-order valence-electron chi connectivity index (χ4n) is 1.87. The molecular weight excluding hydrogens is 280 g/mol. The lowest BCUT2D eigenvalue weighted by molar-refractivity contribution is -0.127. The van der Waals surface area contributed by atoms with Crippen LogP contribution in [0.15, 0.2) is 0 Å². The Morgan fingerprint density at radius 3 is 2.14 bits per heavy atom. The summed E-state index contributed by atoms with van der Waals surface area (Å²) in [5.74, 6) is 0.617. The standard InChI is InChI=1S/C17H34N2O3/c1-14(2)12-19-16(20)10-8-6-5-7-9-11-18-17(21)13-22-15(3)4/h14-15H,5-13H2,1-4H3,(H,18,21)(H,19,20). The van der Waals surface area contributed by atoms with Gasteiger partial charge in [-0.3, -0.25) is 9.59 Å². The first kappa shape index (κ1) is 20.9. The van der Waals surface area contributed by atoms with Crippen LogP contribution in [0.25, 0.3) is 0 Å². The van der Waals surface area contributed by atoms with E-state index in [0.717, 1.165) is 38.6 Å². The molecule has 0 aromatic carbocycles. The van der Waals surface area contributed by atoms with Crippen LogP contribution in [0.5, 0.6) is 0 Å². The van der Waals surface area contributed by atoms with Crippen molar-refractivity contribution in [3.05, 3.63) is 0 Å². The van der Waals surface area contributed by atoms with Crippen LogP contribution < -0.4 is 10.6 Å². The van der Waals surface area contributed by atoms with Crippen LogP contribution in [0.3, 0.4) is 0 Å². The Hall–Kier alpha value is -1.10. The van der Waals surface area contributed by atoms with Gasteiger partial charge in [0.15, 0.2) is 0 Å². The van der Waals surface area contributed by atoms with Gasteiger partial charge in [-0.15, -0.1) is 0 Å². The van der Waals surface area contributed by atoms with E-state index in [-0.39, 0.29) is 24.5 Å². The zero-order chi connectivity index (χ0) is 16.8. The van der Waals surface area contributed by atoms with Crippen LogP contribution in [0, 0.1) is 5.92 Å². The summed E-state index contributed by atoms with van der Waals surface area (Å²) in [7, 11) is 0. The van der Waals surface area contributed by atoms with E-state index in [1.165, 1.54) is 0 Å². The summed E-state index contributed by atoms with van der Waals surface area (Å²) in [6, 6.07) is 0. The Morgan fingerprint density at radius 2 is 1.50 bits per heavy atom. The first-order valence-corrected chi connectivity index (χ1v) is 8.56. The molecule has 0 aliphatic heterocycles. The highest BCUT2D eigenvalue weighted by Crippen LogP contribution is 2.05. The lowest BCUT2D eigenvalue weighted by Gasteiger charge is -2.08. The summed E-state index contributed by atoms with van der Waals surface area (Å²) in [5, 5.41) is 5.77. The van der Waals surface area contributed by atoms with Crippen molar-refractivity contribution in [2.45, 2.75) is 72.3 Å². The zero-order valence-corrected chi connectivity index (χ0v) is 14.7. The molecule has 0 saturated heterocycles. The molecule has 0 saturated carbocycles. The molecule has 0 heterocycles. The largest absolute Gasteiger partial charge is 0.369 e. The highest BCUT2D eigenvalue weighted by molar-refractivity contribution is 5.77. The van der Waals surface area contributed by atoms with E-state index in [1.54, 1.807) is 0 Å². The second-order valence-electron chi connectivity index (χ2n) is 6.43. The molecule has 0 rings (SSSR count). The predicted molar refractivity (Wildman–Crippen MR) is 89.6 cm³/mol. The first-order chi connectivity index (χ1) is 10.4. The fraction of sp³-hybridized carbons (Fsp3) is 0.882. The monoisotopic (exact) mass is 314 g/mol. The van der Waals surface area contributed by atoms with E-state index in [0.29, 0.717) is 18.9 Å². The molecule has 130 valence electrons. The molecule has 0 bridgehead atoms. The minimum Gasteiger partial charge on any atom is -0.369 e. The van der Waals surface area contributed by atoms with Gasteiger partial charge in [-0.1, -0.05) is 33.1 Å². The van der Waals surface area contributed by atoms with Crippen molar-refractivity contribution >= 4 is 11.8 Å². The van der Waals surface area contributed by atoms with Crippen molar-refractivity contribution in [1.29, 1.82) is 0 Å². The second kappa shape index (κ2) is 13.6. The maximum atomic E-state index is 11.5. The normalized spacial score (nSPS) is 11.0. The van der Waals surface area contributed by atoms with Crippen LogP contribution in [-0.4, -0.2) is 37.6 Å². The third-order valence-electron chi connectivity index (χ3n) is 3.16. The number of carbonyl (C=O) groups is 2. The van der Waals surface area contributed by atoms with Gasteiger partial charge < -0.3 is 15.4 Å². The Morgan fingerprint density at radius 1 is 0.864 bits per heavy atom. The third-order valence-corrected chi connectivity index (χ3v) is 3.16. The Balaban J connectivity index is 3.30. The third kappa shape index (κ3) is 15.3. The molecule has 2 amide bonds. The molecule has 0 radical (unpaired) electrons. The highest BCUT2D eigenvalue weighted by Gasteiger charge is 2.03. The number of ether oxygens (including phenoxy) is 1. The van der Waals surface area contributed by atoms with Gasteiger partial charge in [0.2, 0.25) is 11.8 Å². The summed E-state index contributed by atoms with van der Waals surface area (Å²) in [4.78, 5) is 22.9. The topological polar surface area (TPSA) is 67.4 Å². The number of carbonyl (C=O) groups excluding carboxylic acids is 2. The van der Waals surface area contributed by atoms with Crippen LogP contribution in [-0.2, 0) is 14.3 Å². The maximum absolute atomic E-state index is 11.5. The van der Waals surface area contributed by atoms with Gasteiger partial charge in [0, 0.05) is 19.5 Å². The van der Waals surface area contributed by atoms with Gasteiger partial charge in [0.1, 0.15) is 6.61 Å². The molecular formula is C17H34N2O3. The molecule has 22 heavy (non-hydrogen) atoms. The average Bonchev–Trinajstić information content (AvgIpc) is 2.45. The van der Waals surface area contributed by atoms with Gasteiger partial charge in [-0.05, 0) is 32.6 Å². The summed E-state index contributed by atoms with van der Waals surface area (Å²) in [6.45, 7) is 9.62. The molecule has 0 fully saturated rings. The Labute approximate surface area is 135 Å². The summed E-state index contributed by atoms with van der Waals surface area (Å²) >= 11 is 0. The van der Waals surface area contributed by atoms with Gasteiger partial charge >= 0.3 is 0 Å². The molecule has 2 N–H and O–H groups in total. The smallest absolute Gasteiger partial charge is 0.246 e.